The van der Waals surface area contributed by atoms with Crippen LogP contribution in [0.5, 0.6) is 0 Å². The maximum Gasteiger partial charge on any atom is 0.0781 e. The molecule has 0 amide bonds. The second-order valence-corrected chi connectivity index (χ2v) is 2.47. The lowest BCUT2D eigenvalue weighted by Crippen LogP contribution is -2.18. The Morgan fingerprint density at radius 3 is 2.58 bits per heavy atom. The van der Waals surface area contributed by atoms with Gasteiger partial charge >= 0.3 is 0 Å². The van der Waals surface area contributed by atoms with Crippen LogP contribution in [0.25, 0.3) is 0 Å². The highest BCUT2D eigenvalue weighted by Crippen LogP contribution is 1.90. The average molecular weight is 178 g/mol. The van der Waals surface area contributed by atoms with E-state index in [1.54, 1.807) is 7.11 Å². The Balaban J connectivity index is 2.97. The number of methoxy groups -OCH3 is 1. The standard InChI is InChI=1S/C8H18O4/c1-8(7-10-2)12-6-5-11-4-3-9/h8-9H,3-7H2,1-2H3. The van der Waals surface area contributed by atoms with Crippen molar-refractivity contribution in [1.82, 2.24) is 0 Å². The van der Waals surface area contributed by atoms with Crippen LogP contribution >= 0.6 is 0 Å². The SMILES string of the molecule is COCC(C)OCCOCCO. The predicted molar refractivity (Wildman–Crippen MR) is 45.2 cm³/mol. The molecule has 0 bridgehead atoms. The number of aliphatic hydroxyl groups is 1. The van der Waals surface area contributed by atoms with Gasteiger partial charge in [0.1, 0.15) is 0 Å². The Bertz CT molecular complexity index is 87.1. The molecule has 0 aliphatic carbocycles. The number of aliphatic hydroxyl groups excluding tert-OH is 1. The number of ether oxygens (including phenoxy) is 3. The smallest absolute Gasteiger partial charge is 0.0781 e. The van der Waals surface area contributed by atoms with Gasteiger partial charge in [-0.1, -0.05) is 0 Å². The minimum Gasteiger partial charge on any atom is -0.394 e. The van der Waals surface area contributed by atoms with E-state index in [9.17, 15) is 0 Å². The molecule has 0 aromatic carbocycles. The minimum atomic E-state index is 0.0631. The van der Waals surface area contributed by atoms with Gasteiger partial charge in [0.25, 0.3) is 0 Å². The molecular formula is C8H18O4. The highest BCUT2D eigenvalue weighted by Gasteiger charge is 1.99. The fourth-order valence-electron chi connectivity index (χ4n) is 0.758. The zero-order chi connectivity index (χ0) is 9.23. The Labute approximate surface area is 73.4 Å². The van der Waals surface area contributed by atoms with Crippen molar-refractivity contribution in [3.8, 4) is 0 Å². The Morgan fingerprint density at radius 1 is 1.25 bits per heavy atom. The average Bonchev–Trinajstić information content (AvgIpc) is 2.05. The van der Waals surface area contributed by atoms with Crippen LogP contribution in [-0.2, 0) is 14.2 Å². The second kappa shape index (κ2) is 8.93. The van der Waals surface area contributed by atoms with Crippen molar-refractivity contribution in [3.63, 3.8) is 0 Å². The van der Waals surface area contributed by atoms with Gasteiger partial charge in [-0.25, -0.2) is 0 Å². The number of hydrogen-bond acceptors (Lipinski definition) is 4. The summed E-state index contributed by atoms with van der Waals surface area (Å²) < 4.78 is 15.2. The fourth-order valence-corrected chi connectivity index (χ4v) is 0.758. The van der Waals surface area contributed by atoms with Crippen LogP contribution in [0.4, 0.5) is 0 Å². The van der Waals surface area contributed by atoms with Crippen molar-refractivity contribution in [1.29, 1.82) is 0 Å². The molecule has 0 radical (unpaired) electrons. The summed E-state index contributed by atoms with van der Waals surface area (Å²) in [7, 11) is 1.64. The predicted octanol–water partition coefficient (Wildman–Crippen LogP) is 0.0468. The van der Waals surface area contributed by atoms with Crippen molar-refractivity contribution in [2.45, 2.75) is 13.0 Å². The molecule has 1 atom stereocenters. The first-order chi connectivity index (χ1) is 5.81. The van der Waals surface area contributed by atoms with Crippen molar-refractivity contribution in [2.75, 3.05) is 40.1 Å². The maximum atomic E-state index is 8.37. The molecule has 4 heteroatoms. The second-order valence-electron chi connectivity index (χ2n) is 2.47. The van der Waals surface area contributed by atoms with Gasteiger partial charge in [-0.3, -0.25) is 0 Å². The summed E-state index contributed by atoms with van der Waals surface area (Å²) in [6, 6.07) is 0. The van der Waals surface area contributed by atoms with Gasteiger partial charge < -0.3 is 19.3 Å². The van der Waals surface area contributed by atoms with Crippen molar-refractivity contribution >= 4 is 0 Å². The molecule has 0 saturated carbocycles. The summed E-state index contributed by atoms with van der Waals surface area (Å²) in [6.07, 6.45) is 0.104. The van der Waals surface area contributed by atoms with Crippen LogP contribution in [0.3, 0.4) is 0 Å². The van der Waals surface area contributed by atoms with Gasteiger partial charge in [0.05, 0.1) is 39.1 Å². The molecule has 1 N–H and O–H groups in total. The van der Waals surface area contributed by atoms with E-state index in [4.69, 9.17) is 19.3 Å². The molecule has 0 heterocycles. The molecular weight excluding hydrogens is 160 g/mol. The van der Waals surface area contributed by atoms with Crippen LogP contribution < -0.4 is 0 Å². The van der Waals surface area contributed by atoms with Gasteiger partial charge in [-0.2, -0.15) is 0 Å². The summed E-state index contributed by atoms with van der Waals surface area (Å²) in [5.41, 5.74) is 0. The molecule has 0 rings (SSSR count). The van der Waals surface area contributed by atoms with Crippen LogP contribution in [0, 0.1) is 0 Å². The van der Waals surface area contributed by atoms with Crippen molar-refractivity contribution in [2.24, 2.45) is 0 Å². The number of rotatable bonds is 8. The molecule has 4 nitrogen and oxygen atoms in total. The van der Waals surface area contributed by atoms with E-state index in [-0.39, 0.29) is 12.7 Å². The lowest BCUT2D eigenvalue weighted by molar-refractivity contribution is -0.0237. The summed E-state index contributed by atoms with van der Waals surface area (Å²) in [6.45, 7) is 4.05. The third-order valence-corrected chi connectivity index (χ3v) is 1.27. The van der Waals surface area contributed by atoms with Gasteiger partial charge in [0.2, 0.25) is 0 Å². The molecule has 0 aromatic heterocycles. The molecule has 0 spiro atoms. The summed E-state index contributed by atoms with van der Waals surface area (Å²) in [4.78, 5) is 0. The van der Waals surface area contributed by atoms with Crippen LogP contribution in [-0.4, -0.2) is 51.4 Å². The minimum absolute atomic E-state index is 0.0631. The maximum absolute atomic E-state index is 8.37. The monoisotopic (exact) mass is 178 g/mol. The van der Waals surface area contributed by atoms with E-state index < -0.39 is 0 Å². The molecule has 12 heavy (non-hydrogen) atoms. The first-order valence-electron chi connectivity index (χ1n) is 4.10. The molecule has 0 aliphatic heterocycles. The van der Waals surface area contributed by atoms with Gasteiger partial charge in [-0.05, 0) is 6.92 Å². The molecule has 1 unspecified atom stereocenters. The highest BCUT2D eigenvalue weighted by molar-refractivity contribution is 4.45. The molecule has 0 aromatic rings. The van der Waals surface area contributed by atoms with E-state index in [0.29, 0.717) is 26.4 Å². The summed E-state index contributed by atoms with van der Waals surface area (Å²) >= 11 is 0. The fraction of sp³-hybridized carbons (Fsp3) is 1.00. The van der Waals surface area contributed by atoms with E-state index in [0.717, 1.165) is 0 Å². The normalized spacial score (nSPS) is 13.2. The summed E-state index contributed by atoms with van der Waals surface area (Å²) in [5.74, 6) is 0. The van der Waals surface area contributed by atoms with Crippen LogP contribution in [0.2, 0.25) is 0 Å². The lowest BCUT2D eigenvalue weighted by atomic mass is 10.4. The van der Waals surface area contributed by atoms with Gasteiger partial charge in [-0.15, -0.1) is 0 Å². The topological polar surface area (TPSA) is 47.9 Å². The molecule has 0 fully saturated rings. The number of hydrogen-bond donors (Lipinski definition) is 1. The molecule has 74 valence electrons. The zero-order valence-corrected chi connectivity index (χ0v) is 7.78. The first kappa shape index (κ1) is 11.8. The first-order valence-corrected chi connectivity index (χ1v) is 4.10. The van der Waals surface area contributed by atoms with E-state index in [1.807, 2.05) is 6.92 Å². The Morgan fingerprint density at radius 2 is 2.00 bits per heavy atom. The van der Waals surface area contributed by atoms with E-state index in [1.165, 1.54) is 0 Å². The Kier molecular flexibility index (Phi) is 8.81. The third-order valence-electron chi connectivity index (χ3n) is 1.27. The Hall–Kier alpha value is -0.160. The van der Waals surface area contributed by atoms with Crippen molar-refractivity contribution < 1.29 is 19.3 Å². The van der Waals surface area contributed by atoms with Crippen molar-refractivity contribution in [3.05, 3.63) is 0 Å². The van der Waals surface area contributed by atoms with Crippen LogP contribution in [0.1, 0.15) is 6.92 Å². The zero-order valence-electron chi connectivity index (χ0n) is 7.78. The van der Waals surface area contributed by atoms with E-state index in [2.05, 4.69) is 0 Å². The van der Waals surface area contributed by atoms with Gasteiger partial charge in [0, 0.05) is 7.11 Å². The highest BCUT2D eigenvalue weighted by atomic mass is 16.5. The van der Waals surface area contributed by atoms with Gasteiger partial charge in [0.15, 0.2) is 0 Å². The molecule has 0 aliphatic rings. The van der Waals surface area contributed by atoms with Crippen LogP contribution in [0.15, 0.2) is 0 Å². The quantitative estimate of drug-likeness (QED) is 0.533. The third kappa shape index (κ3) is 7.94. The van der Waals surface area contributed by atoms with E-state index >= 15 is 0 Å². The molecule has 0 saturated heterocycles. The summed E-state index contributed by atoms with van der Waals surface area (Å²) in [5, 5.41) is 8.37. The largest absolute Gasteiger partial charge is 0.394 e. The lowest BCUT2D eigenvalue weighted by Gasteiger charge is -2.11.